The predicted octanol–water partition coefficient (Wildman–Crippen LogP) is 0.353. The highest BCUT2D eigenvalue weighted by Crippen LogP contribution is 2.28. The summed E-state index contributed by atoms with van der Waals surface area (Å²) in [6.07, 6.45) is 3.44. The van der Waals surface area contributed by atoms with Gasteiger partial charge < -0.3 is 9.94 Å². The first-order valence-electron chi connectivity index (χ1n) is 5.82. The van der Waals surface area contributed by atoms with Crippen molar-refractivity contribution in [2.75, 3.05) is 13.1 Å². The zero-order valence-corrected chi connectivity index (χ0v) is 9.69. The number of carboxylic acid groups (broad SMARTS) is 1. The molecule has 0 amide bonds. The minimum atomic E-state index is -0.981. The summed E-state index contributed by atoms with van der Waals surface area (Å²) in [5.41, 5.74) is 1.26. The Morgan fingerprint density at radius 1 is 1.56 bits per heavy atom. The maximum atomic E-state index is 11.0. The highest BCUT2D eigenvalue weighted by molar-refractivity contribution is 6.36. The summed E-state index contributed by atoms with van der Waals surface area (Å²) >= 11 is 0. The van der Waals surface area contributed by atoms with E-state index in [0.29, 0.717) is 13.1 Å². The molecule has 3 heterocycles. The Balaban J connectivity index is 1.66. The molecule has 1 saturated heterocycles. The average molecular weight is 247 g/mol. The number of hydrogen-bond acceptors (Lipinski definition) is 5. The Morgan fingerprint density at radius 3 is 3.17 bits per heavy atom. The number of aliphatic carboxylic acids is 1. The fourth-order valence-electron chi connectivity index (χ4n) is 2.49. The number of fused-ring (bicyclic) bond motifs is 1. The molecule has 6 heteroatoms. The molecule has 3 rings (SSSR count). The van der Waals surface area contributed by atoms with Crippen LogP contribution in [0.5, 0.6) is 0 Å². The van der Waals surface area contributed by atoms with Crippen molar-refractivity contribution in [2.45, 2.75) is 12.6 Å². The van der Waals surface area contributed by atoms with Gasteiger partial charge in [-0.05, 0) is 11.6 Å². The predicted molar refractivity (Wildman–Crippen MR) is 62.9 cm³/mol. The quantitative estimate of drug-likeness (QED) is 0.834. The normalized spacial score (nSPS) is 26.6. The summed E-state index contributed by atoms with van der Waals surface area (Å²) in [5, 5.41) is 12.6. The highest BCUT2D eigenvalue weighted by atomic mass is 16.6. The standard InChI is InChI=1S/C12H13N3O3/c16-12(17)11-9-6-15(7-10(9)18-14-11)5-8-2-1-3-13-4-8/h1-4,9-10H,5-7H2,(H,16,17). The Kier molecular flexibility index (Phi) is 2.71. The number of rotatable bonds is 3. The van der Waals surface area contributed by atoms with Crippen molar-refractivity contribution in [3.05, 3.63) is 30.1 Å². The van der Waals surface area contributed by atoms with Gasteiger partial charge in [-0.25, -0.2) is 4.79 Å². The van der Waals surface area contributed by atoms with Crippen molar-refractivity contribution in [3.63, 3.8) is 0 Å². The summed E-state index contributed by atoms with van der Waals surface area (Å²) in [5.74, 6) is -1.09. The number of hydrogen-bond donors (Lipinski definition) is 1. The Hall–Kier alpha value is -1.95. The third kappa shape index (κ3) is 1.95. The number of oxime groups is 1. The van der Waals surface area contributed by atoms with Crippen molar-refractivity contribution >= 4 is 11.7 Å². The molecule has 0 bridgehead atoms. The van der Waals surface area contributed by atoms with Gasteiger partial charge in [-0.2, -0.15) is 0 Å². The smallest absolute Gasteiger partial charge is 0.354 e. The van der Waals surface area contributed by atoms with Crippen LogP contribution in [0.3, 0.4) is 0 Å². The van der Waals surface area contributed by atoms with E-state index in [0.717, 1.165) is 12.1 Å². The van der Waals surface area contributed by atoms with E-state index in [4.69, 9.17) is 9.94 Å². The first-order valence-corrected chi connectivity index (χ1v) is 5.82. The molecule has 1 aromatic heterocycles. The van der Waals surface area contributed by atoms with Crippen LogP contribution in [-0.4, -0.2) is 45.9 Å². The summed E-state index contributed by atoms with van der Waals surface area (Å²) in [6, 6.07) is 3.90. The summed E-state index contributed by atoms with van der Waals surface area (Å²) in [4.78, 5) is 22.4. The molecule has 0 aliphatic carbocycles. The number of aromatic nitrogens is 1. The van der Waals surface area contributed by atoms with Gasteiger partial charge in [0.15, 0.2) is 5.71 Å². The lowest BCUT2D eigenvalue weighted by molar-refractivity contribution is -0.129. The zero-order chi connectivity index (χ0) is 12.5. The topological polar surface area (TPSA) is 75.0 Å². The Morgan fingerprint density at radius 2 is 2.44 bits per heavy atom. The van der Waals surface area contributed by atoms with Crippen LogP contribution >= 0.6 is 0 Å². The third-order valence-corrected chi connectivity index (χ3v) is 3.33. The lowest BCUT2D eigenvalue weighted by Gasteiger charge is -2.15. The first kappa shape index (κ1) is 11.2. The van der Waals surface area contributed by atoms with E-state index >= 15 is 0 Å². The van der Waals surface area contributed by atoms with Crippen molar-refractivity contribution in [1.29, 1.82) is 0 Å². The number of nitrogens with zero attached hydrogens (tertiary/aromatic N) is 3. The number of carboxylic acids is 1. The molecular formula is C12H13N3O3. The van der Waals surface area contributed by atoms with Gasteiger partial charge in [0.2, 0.25) is 0 Å². The van der Waals surface area contributed by atoms with Crippen molar-refractivity contribution in [2.24, 2.45) is 11.1 Å². The molecule has 0 aromatic carbocycles. The first-order chi connectivity index (χ1) is 8.74. The fourth-order valence-corrected chi connectivity index (χ4v) is 2.49. The fraction of sp³-hybridized carbons (Fsp3) is 0.417. The van der Waals surface area contributed by atoms with E-state index in [-0.39, 0.29) is 17.7 Å². The van der Waals surface area contributed by atoms with Crippen LogP contribution in [0, 0.1) is 5.92 Å². The minimum Gasteiger partial charge on any atom is -0.477 e. The van der Waals surface area contributed by atoms with Gasteiger partial charge in [0.05, 0.1) is 5.92 Å². The van der Waals surface area contributed by atoms with Crippen molar-refractivity contribution in [3.8, 4) is 0 Å². The number of carbonyl (C=O) groups is 1. The second kappa shape index (κ2) is 4.38. The van der Waals surface area contributed by atoms with Crippen LogP contribution in [0.15, 0.2) is 29.7 Å². The molecular weight excluding hydrogens is 234 g/mol. The van der Waals surface area contributed by atoms with E-state index in [1.165, 1.54) is 0 Å². The molecule has 0 saturated carbocycles. The molecule has 2 unspecified atom stereocenters. The molecule has 1 N–H and O–H groups in total. The molecule has 18 heavy (non-hydrogen) atoms. The maximum absolute atomic E-state index is 11.0. The highest BCUT2D eigenvalue weighted by Gasteiger charge is 2.44. The molecule has 1 fully saturated rings. The van der Waals surface area contributed by atoms with Crippen LogP contribution in [0.4, 0.5) is 0 Å². The van der Waals surface area contributed by atoms with Crippen LogP contribution in [-0.2, 0) is 16.2 Å². The molecule has 94 valence electrons. The van der Waals surface area contributed by atoms with Crippen LogP contribution in [0.25, 0.3) is 0 Å². The molecule has 0 spiro atoms. The van der Waals surface area contributed by atoms with Crippen LogP contribution < -0.4 is 0 Å². The molecule has 0 radical (unpaired) electrons. The summed E-state index contributed by atoms with van der Waals surface area (Å²) < 4.78 is 0. The van der Waals surface area contributed by atoms with Gasteiger partial charge >= 0.3 is 5.97 Å². The molecule has 2 aliphatic heterocycles. The van der Waals surface area contributed by atoms with Gasteiger partial charge in [0.1, 0.15) is 6.10 Å². The number of likely N-dealkylation sites (tertiary alicyclic amines) is 1. The van der Waals surface area contributed by atoms with Crippen molar-refractivity contribution < 1.29 is 14.7 Å². The molecule has 2 atom stereocenters. The van der Waals surface area contributed by atoms with E-state index in [1.807, 2.05) is 18.3 Å². The average Bonchev–Trinajstić information content (AvgIpc) is 2.89. The van der Waals surface area contributed by atoms with E-state index in [1.54, 1.807) is 6.20 Å². The van der Waals surface area contributed by atoms with E-state index in [2.05, 4.69) is 15.0 Å². The Labute approximate surface area is 104 Å². The second-order valence-corrected chi connectivity index (χ2v) is 4.59. The van der Waals surface area contributed by atoms with Crippen molar-refractivity contribution in [1.82, 2.24) is 9.88 Å². The molecule has 6 nitrogen and oxygen atoms in total. The molecule has 1 aromatic rings. The van der Waals surface area contributed by atoms with Gasteiger partial charge in [0, 0.05) is 32.0 Å². The third-order valence-electron chi connectivity index (χ3n) is 3.33. The summed E-state index contributed by atoms with van der Waals surface area (Å²) in [6.45, 7) is 2.14. The lowest BCUT2D eigenvalue weighted by Crippen LogP contribution is -2.27. The SMILES string of the molecule is O=C(O)C1=NOC2CN(Cc3cccnc3)CC12. The van der Waals surface area contributed by atoms with Gasteiger partial charge in [-0.1, -0.05) is 11.2 Å². The monoisotopic (exact) mass is 247 g/mol. The van der Waals surface area contributed by atoms with E-state index < -0.39 is 5.97 Å². The Bertz CT molecular complexity index is 489. The lowest BCUT2D eigenvalue weighted by atomic mass is 10.0. The van der Waals surface area contributed by atoms with E-state index in [9.17, 15) is 4.79 Å². The largest absolute Gasteiger partial charge is 0.477 e. The van der Waals surface area contributed by atoms with Gasteiger partial charge in [0.25, 0.3) is 0 Å². The number of pyridine rings is 1. The minimum absolute atomic E-state index is 0.112. The second-order valence-electron chi connectivity index (χ2n) is 4.59. The van der Waals surface area contributed by atoms with Gasteiger partial charge in [-0.15, -0.1) is 0 Å². The van der Waals surface area contributed by atoms with Crippen LogP contribution in [0.1, 0.15) is 5.56 Å². The summed E-state index contributed by atoms with van der Waals surface area (Å²) in [7, 11) is 0. The maximum Gasteiger partial charge on any atom is 0.354 e. The molecule has 2 aliphatic rings. The zero-order valence-electron chi connectivity index (χ0n) is 9.69. The van der Waals surface area contributed by atoms with Gasteiger partial charge in [-0.3, -0.25) is 9.88 Å². The van der Waals surface area contributed by atoms with Crippen LogP contribution in [0.2, 0.25) is 0 Å².